The summed E-state index contributed by atoms with van der Waals surface area (Å²) in [7, 11) is 0. The number of rotatable bonds is 3. The normalized spacial score (nSPS) is 16.3. The standard InChI is InChI=1S/C15H18N4O3S/c1-10(13(21)18-5-3-2-4-6-18)17-12(20)11-9-16-15-19(14(11)22)7-8-23-15/h7-10H,2-6H2,1H3,(H,17,20). The Morgan fingerprint density at radius 1 is 1.30 bits per heavy atom. The highest BCUT2D eigenvalue weighted by Gasteiger charge is 2.24. The van der Waals surface area contributed by atoms with Crippen LogP contribution < -0.4 is 10.9 Å². The van der Waals surface area contributed by atoms with Crippen LogP contribution in [0.25, 0.3) is 4.96 Å². The number of amides is 2. The molecule has 0 radical (unpaired) electrons. The molecular formula is C15H18N4O3S. The highest BCUT2D eigenvalue weighted by Crippen LogP contribution is 2.10. The molecule has 7 nitrogen and oxygen atoms in total. The minimum absolute atomic E-state index is 0.0563. The van der Waals surface area contributed by atoms with Crippen molar-refractivity contribution < 1.29 is 9.59 Å². The lowest BCUT2D eigenvalue weighted by atomic mass is 10.1. The predicted octanol–water partition coefficient (Wildman–Crippen LogP) is 0.887. The first-order valence-corrected chi connectivity index (χ1v) is 8.50. The number of nitrogens with zero attached hydrogens (tertiary/aromatic N) is 3. The van der Waals surface area contributed by atoms with E-state index in [1.807, 2.05) is 0 Å². The van der Waals surface area contributed by atoms with Crippen molar-refractivity contribution in [3.05, 3.63) is 33.7 Å². The minimum Gasteiger partial charge on any atom is -0.341 e. The molecule has 1 unspecified atom stereocenters. The van der Waals surface area contributed by atoms with E-state index >= 15 is 0 Å². The summed E-state index contributed by atoms with van der Waals surface area (Å²) in [5, 5.41) is 4.34. The summed E-state index contributed by atoms with van der Waals surface area (Å²) < 4.78 is 1.33. The number of carbonyl (C=O) groups is 2. The largest absolute Gasteiger partial charge is 0.341 e. The van der Waals surface area contributed by atoms with Crippen LogP contribution in [0.2, 0.25) is 0 Å². The Bertz CT molecular complexity index is 791. The van der Waals surface area contributed by atoms with Gasteiger partial charge in [0.25, 0.3) is 11.5 Å². The maximum atomic E-state index is 12.3. The molecule has 0 saturated carbocycles. The van der Waals surface area contributed by atoms with Gasteiger partial charge < -0.3 is 10.2 Å². The summed E-state index contributed by atoms with van der Waals surface area (Å²) in [5.41, 5.74) is -0.481. The Morgan fingerprint density at radius 2 is 2.04 bits per heavy atom. The van der Waals surface area contributed by atoms with Crippen molar-refractivity contribution in [1.82, 2.24) is 19.6 Å². The van der Waals surface area contributed by atoms with Crippen molar-refractivity contribution in [2.75, 3.05) is 13.1 Å². The molecule has 2 amide bonds. The van der Waals surface area contributed by atoms with Crippen LogP contribution in [0.5, 0.6) is 0 Å². The second-order valence-electron chi connectivity index (χ2n) is 5.61. The van der Waals surface area contributed by atoms with Gasteiger partial charge in [-0.2, -0.15) is 0 Å². The number of thiazole rings is 1. The lowest BCUT2D eigenvalue weighted by Crippen LogP contribution is -2.49. The zero-order valence-corrected chi connectivity index (χ0v) is 13.6. The average molecular weight is 334 g/mol. The van der Waals surface area contributed by atoms with Gasteiger partial charge in [-0.3, -0.25) is 18.8 Å². The lowest BCUT2D eigenvalue weighted by Gasteiger charge is -2.29. The maximum absolute atomic E-state index is 12.3. The molecule has 0 spiro atoms. The Hall–Kier alpha value is -2.22. The zero-order valence-electron chi connectivity index (χ0n) is 12.8. The van der Waals surface area contributed by atoms with Crippen LogP contribution in [-0.2, 0) is 4.79 Å². The fourth-order valence-corrected chi connectivity index (χ4v) is 3.38. The maximum Gasteiger partial charge on any atom is 0.271 e. The van der Waals surface area contributed by atoms with Crippen molar-refractivity contribution in [2.45, 2.75) is 32.2 Å². The molecule has 1 atom stereocenters. The molecule has 1 aliphatic rings. The van der Waals surface area contributed by atoms with Crippen molar-refractivity contribution in [3.63, 3.8) is 0 Å². The van der Waals surface area contributed by atoms with Gasteiger partial charge in [0.15, 0.2) is 4.96 Å². The number of aromatic nitrogens is 2. The first-order chi connectivity index (χ1) is 11.1. The van der Waals surface area contributed by atoms with Crippen LogP contribution in [-0.4, -0.2) is 45.2 Å². The molecule has 1 fully saturated rings. The minimum atomic E-state index is -0.664. The first-order valence-electron chi connectivity index (χ1n) is 7.62. The predicted molar refractivity (Wildman–Crippen MR) is 86.7 cm³/mol. The van der Waals surface area contributed by atoms with E-state index in [1.54, 1.807) is 23.4 Å². The quantitative estimate of drug-likeness (QED) is 0.903. The summed E-state index contributed by atoms with van der Waals surface area (Å²) >= 11 is 1.32. The van der Waals surface area contributed by atoms with E-state index in [0.29, 0.717) is 4.96 Å². The molecule has 0 aliphatic carbocycles. The van der Waals surface area contributed by atoms with E-state index in [2.05, 4.69) is 10.3 Å². The van der Waals surface area contributed by atoms with Gasteiger partial charge in [0.2, 0.25) is 5.91 Å². The molecule has 1 aliphatic heterocycles. The molecule has 1 saturated heterocycles. The van der Waals surface area contributed by atoms with Crippen LogP contribution in [0.4, 0.5) is 0 Å². The molecule has 23 heavy (non-hydrogen) atoms. The summed E-state index contributed by atoms with van der Waals surface area (Å²) in [6, 6.07) is -0.664. The number of fused-ring (bicyclic) bond motifs is 1. The van der Waals surface area contributed by atoms with Gasteiger partial charge in [-0.05, 0) is 26.2 Å². The van der Waals surface area contributed by atoms with Crippen LogP contribution in [0.3, 0.4) is 0 Å². The van der Waals surface area contributed by atoms with Gasteiger partial charge in [-0.15, -0.1) is 11.3 Å². The number of carbonyl (C=O) groups excluding carboxylic acids is 2. The van der Waals surface area contributed by atoms with E-state index in [4.69, 9.17) is 0 Å². The smallest absolute Gasteiger partial charge is 0.271 e. The summed E-state index contributed by atoms with van der Waals surface area (Å²) in [4.78, 5) is 43.3. The van der Waals surface area contributed by atoms with Gasteiger partial charge in [0.1, 0.15) is 11.6 Å². The number of hydrogen-bond acceptors (Lipinski definition) is 5. The molecule has 0 aromatic carbocycles. The number of piperidine rings is 1. The molecule has 2 aromatic rings. The lowest BCUT2D eigenvalue weighted by molar-refractivity contribution is -0.133. The molecule has 1 N–H and O–H groups in total. The van der Waals surface area contributed by atoms with Gasteiger partial charge in [-0.1, -0.05) is 0 Å². The summed E-state index contributed by atoms with van der Waals surface area (Å²) in [6.07, 6.45) is 5.96. The first kappa shape index (κ1) is 15.7. The molecule has 2 aromatic heterocycles. The third-order valence-electron chi connectivity index (χ3n) is 3.97. The Kier molecular flexibility index (Phi) is 4.42. The Balaban J connectivity index is 1.73. The monoisotopic (exact) mass is 334 g/mol. The van der Waals surface area contributed by atoms with Crippen LogP contribution >= 0.6 is 11.3 Å². The zero-order chi connectivity index (χ0) is 16.4. The van der Waals surface area contributed by atoms with Crippen molar-refractivity contribution in [3.8, 4) is 0 Å². The molecule has 3 heterocycles. The van der Waals surface area contributed by atoms with Gasteiger partial charge in [0, 0.05) is 30.9 Å². The average Bonchev–Trinajstić information content (AvgIpc) is 3.04. The van der Waals surface area contributed by atoms with Crippen molar-refractivity contribution in [2.24, 2.45) is 0 Å². The third kappa shape index (κ3) is 3.12. The van der Waals surface area contributed by atoms with Gasteiger partial charge in [-0.25, -0.2) is 4.98 Å². The SMILES string of the molecule is CC(NC(=O)c1cnc2sccn2c1=O)C(=O)N1CCCCC1. The van der Waals surface area contributed by atoms with Crippen LogP contribution in [0, 0.1) is 0 Å². The number of nitrogens with one attached hydrogen (secondary N) is 1. The summed E-state index contributed by atoms with van der Waals surface area (Å²) in [5.74, 6) is -0.677. The molecule has 8 heteroatoms. The second kappa shape index (κ2) is 6.49. The fraction of sp³-hybridized carbons (Fsp3) is 0.467. The van der Waals surface area contributed by atoms with E-state index in [0.717, 1.165) is 32.4 Å². The third-order valence-corrected chi connectivity index (χ3v) is 4.74. The Morgan fingerprint density at radius 3 is 2.78 bits per heavy atom. The number of hydrogen-bond donors (Lipinski definition) is 1. The molecular weight excluding hydrogens is 316 g/mol. The van der Waals surface area contributed by atoms with Crippen LogP contribution in [0.15, 0.2) is 22.6 Å². The van der Waals surface area contributed by atoms with Gasteiger partial charge in [0.05, 0.1) is 0 Å². The molecule has 122 valence electrons. The van der Waals surface area contributed by atoms with E-state index in [-0.39, 0.29) is 11.5 Å². The second-order valence-corrected chi connectivity index (χ2v) is 6.49. The van der Waals surface area contributed by atoms with E-state index < -0.39 is 17.5 Å². The highest BCUT2D eigenvalue weighted by molar-refractivity contribution is 7.15. The van der Waals surface area contributed by atoms with Crippen molar-refractivity contribution >= 4 is 28.1 Å². The fourth-order valence-electron chi connectivity index (χ4n) is 2.70. The van der Waals surface area contributed by atoms with Crippen LogP contribution in [0.1, 0.15) is 36.5 Å². The molecule has 3 rings (SSSR count). The Labute approximate surface area is 136 Å². The van der Waals surface area contributed by atoms with Crippen molar-refractivity contribution in [1.29, 1.82) is 0 Å². The van der Waals surface area contributed by atoms with E-state index in [9.17, 15) is 14.4 Å². The highest BCUT2D eigenvalue weighted by atomic mass is 32.1. The topological polar surface area (TPSA) is 83.8 Å². The number of likely N-dealkylation sites (tertiary alicyclic amines) is 1. The molecule has 0 bridgehead atoms. The van der Waals surface area contributed by atoms with E-state index in [1.165, 1.54) is 21.9 Å². The summed E-state index contributed by atoms with van der Waals surface area (Å²) in [6.45, 7) is 3.09. The van der Waals surface area contributed by atoms with Gasteiger partial charge >= 0.3 is 0 Å².